The van der Waals surface area contributed by atoms with Crippen molar-refractivity contribution < 1.29 is 22.7 Å². The molecule has 2 aromatic heterocycles. The summed E-state index contributed by atoms with van der Waals surface area (Å²) >= 11 is 0. The number of aryl methyl sites for hydroxylation is 1. The number of rotatable bonds is 5. The van der Waals surface area contributed by atoms with Gasteiger partial charge in [-0.3, -0.25) is 19.4 Å². The number of ether oxygens (including phenoxy) is 1. The van der Waals surface area contributed by atoms with Crippen molar-refractivity contribution in [3.63, 3.8) is 0 Å². The summed E-state index contributed by atoms with van der Waals surface area (Å²) in [5, 5.41) is 4.17. The molecule has 3 atom stereocenters. The predicted octanol–water partition coefficient (Wildman–Crippen LogP) is 2.14. The van der Waals surface area contributed by atoms with Gasteiger partial charge in [-0.05, 0) is 36.2 Å². The summed E-state index contributed by atoms with van der Waals surface area (Å²) in [4.78, 5) is 21.6. The Labute approximate surface area is 182 Å². The van der Waals surface area contributed by atoms with Crippen LogP contribution in [0.15, 0.2) is 41.8 Å². The fourth-order valence-corrected chi connectivity index (χ4v) is 4.47. The van der Waals surface area contributed by atoms with Gasteiger partial charge < -0.3 is 10.5 Å². The zero-order valence-electron chi connectivity index (χ0n) is 17.6. The third-order valence-electron chi connectivity index (χ3n) is 5.86. The van der Waals surface area contributed by atoms with Gasteiger partial charge >= 0.3 is 6.18 Å². The van der Waals surface area contributed by atoms with Gasteiger partial charge in [-0.25, -0.2) is 4.98 Å². The molecule has 11 heteroatoms. The first-order chi connectivity index (χ1) is 15.2. The number of alkyl halides is 3. The zero-order valence-corrected chi connectivity index (χ0v) is 17.6. The van der Waals surface area contributed by atoms with E-state index in [0.29, 0.717) is 6.42 Å². The highest BCUT2D eigenvalue weighted by atomic mass is 19.4. The second kappa shape index (κ2) is 8.38. The second-order valence-electron chi connectivity index (χ2n) is 7.91. The van der Waals surface area contributed by atoms with Crippen molar-refractivity contribution in [1.82, 2.24) is 19.7 Å². The predicted molar refractivity (Wildman–Crippen MR) is 111 cm³/mol. The van der Waals surface area contributed by atoms with Gasteiger partial charge in [-0.2, -0.15) is 18.3 Å². The second-order valence-corrected chi connectivity index (χ2v) is 7.91. The van der Waals surface area contributed by atoms with E-state index in [4.69, 9.17) is 10.5 Å². The minimum absolute atomic E-state index is 0.0217. The van der Waals surface area contributed by atoms with E-state index in [-0.39, 0.29) is 36.2 Å². The average Bonchev–Trinajstić information content (AvgIpc) is 3.18. The number of dihydropyridines is 1. The Morgan fingerprint density at radius 3 is 2.78 bits per heavy atom. The number of likely N-dealkylation sites (tertiary alicyclic amines) is 1. The number of hydrogen-bond acceptors (Lipinski definition) is 6. The number of aliphatic imine (C=N–C) groups is 1. The molecule has 1 amide bonds. The Kier molecular flexibility index (Phi) is 5.76. The fraction of sp³-hybridized carbons (Fsp3) is 0.429. The van der Waals surface area contributed by atoms with Gasteiger partial charge in [0.2, 0.25) is 5.88 Å². The maximum Gasteiger partial charge on any atom is 0.408 e. The number of fused-ring (bicyclic) bond motifs is 1. The van der Waals surface area contributed by atoms with Crippen molar-refractivity contribution in [2.24, 2.45) is 23.7 Å². The Balaban J connectivity index is 1.67. The van der Waals surface area contributed by atoms with Gasteiger partial charge in [0, 0.05) is 43.5 Å². The summed E-state index contributed by atoms with van der Waals surface area (Å²) in [5.41, 5.74) is 7.19. The van der Waals surface area contributed by atoms with Gasteiger partial charge in [-0.1, -0.05) is 0 Å². The van der Waals surface area contributed by atoms with Crippen molar-refractivity contribution in [1.29, 1.82) is 0 Å². The molecule has 0 aromatic carbocycles. The summed E-state index contributed by atoms with van der Waals surface area (Å²) < 4.78 is 49.1. The quantitative estimate of drug-likeness (QED) is 0.756. The van der Waals surface area contributed by atoms with Crippen LogP contribution in [0.2, 0.25) is 0 Å². The summed E-state index contributed by atoms with van der Waals surface area (Å²) in [6.07, 6.45) is 2.32. The molecule has 2 aliphatic heterocycles. The Bertz CT molecular complexity index is 1080. The first kappa shape index (κ1) is 22.0. The molecule has 1 fully saturated rings. The number of nitrogens with zero attached hydrogens (tertiary/aromatic N) is 5. The molecule has 4 heterocycles. The highest BCUT2D eigenvalue weighted by Gasteiger charge is 2.48. The molecular weight excluding hydrogens is 425 g/mol. The third kappa shape index (κ3) is 4.24. The van der Waals surface area contributed by atoms with Crippen LogP contribution >= 0.6 is 0 Å². The van der Waals surface area contributed by atoms with Crippen LogP contribution in [0.25, 0.3) is 5.57 Å². The molecule has 2 aliphatic rings. The molecule has 3 unspecified atom stereocenters. The Hall–Kier alpha value is -3.21. The van der Waals surface area contributed by atoms with Crippen molar-refractivity contribution in [3.8, 4) is 5.88 Å². The lowest BCUT2D eigenvalue weighted by Gasteiger charge is -2.43. The van der Waals surface area contributed by atoms with Gasteiger partial charge in [0.05, 0.1) is 19.3 Å². The lowest BCUT2D eigenvalue weighted by Crippen LogP contribution is -2.50. The molecule has 0 bridgehead atoms. The van der Waals surface area contributed by atoms with E-state index in [1.807, 2.05) is 0 Å². The summed E-state index contributed by atoms with van der Waals surface area (Å²) in [6.45, 7) is 0.225. The molecule has 0 spiro atoms. The summed E-state index contributed by atoms with van der Waals surface area (Å²) in [7, 11) is 3.13. The number of hydrogen-bond donors (Lipinski definition) is 1. The molecule has 32 heavy (non-hydrogen) atoms. The molecule has 0 aliphatic carbocycles. The monoisotopic (exact) mass is 448 g/mol. The molecule has 170 valence electrons. The van der Waals surface area contributed by atoms with Crippen LogP contribution in [-0.2, 0) is 11.8 Å². The lowest BCUT2D eigenvalue weighted by molar-refractivity contribution is -0.190. The maximum absolute atomic E-state index is 14.2. The maximum atomic E-state index is 14.2. The van der Waals surface area contributed by atoms with Crippen molar-refractivity contribution in [2.75, 3.05) is 20.2 Å². The van der Waals surface area contributed by atoms with E-state index >= 15 is 0 Å². The van der Waals surface area contributed by atoms with Crippen LogP contribution < -0.4 is 10.5 Å². The zero-order chi connectivity index (χ0) is 23.0. The number of pyridine rings is 1. The minimum atomic E-state index is -4.52. The standard InChI is InChI=1S/C21H23F3N6O2/c1-29-10-13(9-27-29)15-8-16(20(25)31)28-17-11-30(6-4-14(15)17)19(21(22,23)24)12-3-5-26-18(7-12)32-2/h3,5,7-10,14,17,19H,4,6,11H2,1-2H3,(H2,25,31). The minimum Gasteiger partial charge on any atom is -0.481 e. The molecular formula is C21H23F3N6O2. The molecule has 2 aromatic rings. The van der Waals surface area contributed by atoms with Gasteiger partial charge in [0.1, 0.15) is 11.8 Å². The van der Waals surface area contributed by atoms with Crippen LogP contribution in [0, 0.1) is 5.92 Å². The number of primary amides is 1. The van der Waals surface area contributed by atoms with E-state index < -0.39 is 24.2 Å². The van der Waals surface area contributed by atoms with Crippen LogP contribution in [0.4, 0.5) is 13.2 Å². The van der Waals surface area contributed by atoms with E-state index in [1.54, 1.807) is 30.2 Å². The van der Waals surface area contributed by atoms with E-state index in [0.717, 1.165) is 11.1 Å². The molecule has 2 N–H and O–H groups in total. The van der Waals surface area contributed by atoms with Crippen molar-refractivity contribution in [3.05, 3.63) is 47.9 Å². The number of halogens is 3. The van der Waals surface area contributed by atoms with E-state index in [1.165, 1.54) is 30.3 Å². The number of methoxy groups -OCH3 is 1. The molecule has 4 rings (SSSR count). The lowest BCUT2D eigenvalue weighted by atomic mass is 9.79. The summed E-state index contributed by atoms with van der Waals surface area (Å²) in [5.74, 6) is -0.743. The summed E-state index contributed by atoms with van der Waals surface area (Å²) in [6, 6.07) is 0.247. The number of aromatic nitrogens is 3. The highest BCUT2D eigenvalue weighted by Crippen LogP contribution is 2.43. The van der Waals surface area contributed by atoms with Gasteiger partial charge in [0.25, 0.3) is 5.91 Å². The number of carbonyl (C=O) groups is 1. The van der Waals surface area contributed by atoms with Crippen LogP contribution in [0.5, 0.6) is 5.88 Å². The SMILES string of the molecule is COc1cc(C(N2CCC3C(c4cnn(C)c4)=CC(C(N)=O)=NC3C2)C(F)(F)F)ccn1. The normalized spacial score (nSPS) is 22.5. The first-order valence-corrected chi connectivity index (χ1v) is 10.1. The van der Waals surface area contributed by atoms with Crippen LogP contribution in [0.1, 0.15) is 23.6 Å². The van der Waals surface area contributed by atoms with Crippen molar-refractivity contribution in [2.45, 2.75) is 24.7 Å². The highest BCUT2D eigenvalue weighted by molar-refractivity contribution is 6.44. The van der Waals surface area contributed by atoms with Crippen LogP contribution in [0.3, 0.4) is 0 Å². The number of piperidine rings is 1. The molecule has 0 radical (unpaired) electrons. The molecule has 1 saturated heterocycles. The third-order valence-corrected chi connectivity index (χ3v) is 5.86. The molecule has 0 saturated carbocycles. The molecule has 8 nitrogen and oxygen atoms in total. The largest absolute Gasteiger partial charge is 0.481 e. The average molecular weight is 448 g/mol. The number of amides is 1. The Morgan fingerprint density at radius 1 is 1.38 bits per heavy atom. The van der Waals surface area contributed by atoms with Crippen LogP contribution in [-0.4, -0.2) is 63.7 Å². The topological polar surface area (TPSA) is 98.6 Å². The number of carbonyl (C=O) groups excluding carboxylic acids is 1. The van der Waals surface area contributed by atoms with Gasteiger partial charge in [-0.15, -0.1) is 0 Å². The smallest absolute Gasteiger partial charge is 0.408 e. The number of nitrogens with two attached hydrogens (primary N) is 1. The van der Waals surface area contributed by atoms with E-state index in [9.17, 15) is 18.0 Å². The first-order valence-electron chi connectivity index (χ1n) is 10.1. The fourth-order valence-electron chi connectivity index (χ4n) is 4.47. The Morgan fingerprint density at radius 2 is 2.16 bits per heavy atom. The van der Waals surface area contributed by atoms with Crippen molar-refractivity contribution >= 4 is 17.2 Å². The van der Waals surface area contributed by atoms with Gasteiger partial charge in [0.15, 0.2) is 0 Å². The van der Waals surface area contributed by atoms with E-state index in [2.05, 4.69) is 15.1 Å².